The number of morpholine rings is 1. The molecule has 0 radical (unpaired) electrons. The third kappa shape index (κ3) is 3.11. The monoisotopic (exact) mass is 346 g/mol. The third-order valence-corrected chi connectivity index (χ3v) is 5.40. The Labute approximate surface area is 145 Å². The summed E-state index contributed by atoms with van der Waals surface area (Å²) in [5, 5.41) is 9.44. The largest absolute Gasteiger partial charge is 0.393 e. The van der Waals surface area contributed by atoms with E-state index in [-0.39, 0.29) is 36.0 Å². The fourth-order valence-corrected chi connectivity index (χ4v) is 3.93. The van der Waals surface area contributed by atoms with Crippen molar-refractivity contribution in [1.82, 2.24) is 19.8 Å². The maximum Gasteiger partial charge on any atom is 0.274 e. The van der Waals surface area contributed by atoms with E-state index >= 15 is 0 Å². The Kier molecular flexibility index (Phi) is 4.39. The summed E-state index contributed by atoms with van der Waals surface area (Å²) < 4.78 is 5.84. The predicted octanol–water partition coefficient (Wildman–Crippen LogP) is -0.311. The minimum absolute atomic E-state index is 0.0506. The molecule has 3 aliphatic rings. The lowest BCUT2D eigenvalue weighted by molar-refractivity contribution is -0.150. The Morgan fingerprint density at radius 2 is 2.08 bits per heavy atom. The number of amides is 2. The first-order valence-electron chi connectivity index (χ1n) is 8.79. The molecule has 1 saturated carbocycles. The lowest BCUT2D eigenvalue weighted by atomic mass is 9.81. The molecule has 1 aliphatic carbocycles. The van der Waals surface area contributed by atoms with Crippen LogP contribution in [0.4, 0.5) is 0 Å². The Hall–Kier alpha value is -2.06. The van der Waals surface area contributed by atoms with Crippen molar-refractivity contribution in [3.63, 3.8) is 0 Å². The van der Waals surface area contributed by atoms with Gasteiger partial charge in [0.15, 0.2) is 0 Å². The fourth-order valence-electron chi connectivity index (χ4n) is 3.93. The van der Waals surface area contributed by atoms with Gasteiger partial charge in [-0.05, 0) is 19.3 Å². The van der Waals surface area contributed by atoms with Crippen molar-refractivity contribution in [2.75, 3.05) is 26.2 Å². The van der Waals surface area contributed by atoms with Gasteiger partial charge in [-0.3, -0.25) is 14.6 Å². The molecule has 2 atom stereocenters. The zero-order valence-corrected chi connectivity index (χ0v) is 14.0. The molecule has 1 aromatic heterocycles. The Bertz CT molecular complexity index is 649. The first kappa shape index (κ1) is 16.4. The van der Waals surface area contributed by atoms with Crippen molar-refractivity contribution in [1.29, 1.82) is 0 Å². The van der Waals surface area contributed by atoms with Crippen molar-refractivity contribution in [3.8, 4) is 0 Å². The van der Waals surface area contributed by atoms with Crippen LogP contribution in [0.3, 0.4) is 0 Å². The molecule has 4 rings (SSSR count). The van der Waals surface area contributed by atoms with Gasteiger partial charge >= 0.3 is 0 Å². The van der Waals surface area contributed by atoms with Crippen LogP contribution in [-0.2, 0) is 9.53 Å². The second-order valence-corrected chi connectivity index (χ2v) is 6.96. The zero-order chi connectivity index (χ0) is 17.4. The van der Waals surface area contributed by atoms with Crippen LogP contribution in [-0.4, -0.2) is 81.2 Å². The second kappa shape index (κ2) is 6.68. The van der Waals surface area contributed by atoms with Gasteiger partial charge in [0.05, 0.1) is 31.1 Å². The van der Waals surface area contributed by atoms with Crippen LogP contribution in [0.5, 0.6) is 0 Å². The van der Waals surface area contributed by atoms with E-state index in [0.717, 1.165) is 6.42 Å². The van der Waals surface area contributed by atoms with Gasteiger partial charge in [-0.15, -0.1) is 0 Å². The highest BCUT2D eigenvalue weighted by Crippen LogP contribution is 2.31. The summed E-state index contributed by atoms with van der Waals surface area (Å²) in [5.41, 5.74) is 0.314. The van der Waals surface area contributed by atoms with Crippen molar-refractivity contribution in [3.05, 3.63) is 24.3 Å². The van der Waals surface area contributed by atoms with Gasteiger partial charge in [0.2, 0.25) is 5.91 Å². The van der Waals surface area contributed by atoms with Crippen LogP contribution in [0.15, 0.2) is 18.6 Å². The van der Waals surface area contributed by atoms with E-state index in [1.807, 2.05) is 4.90 Å². The molecule has 8 nitrogen and oxygen atoms in total. The SMILES string of the molecule is O=C(C1CC(O)C1)N1CC[C@@H]2OCCN(C(=O)c3cnccn3)[C@H]2C1. The molecule has 2 saturated heterocycles. The highest BCUT2D eigenvalue weighted by atomic mass is 16.5. The maximum absolute atomic E-state index is 12.8. The molecule has 2 aliphatic heterocycles. The van der Waals surface area contributed by atoms with Gasteiger partial charge in [-0.2, -0.15) is 0 Å². The smallest absolute Gasteiger partial charge is 0.274 e. The number of hydrogen-bond acceptors (Lipinski definition) is 6. The van der Waals surface area contributed by atoms with Crippen molar-refractivity contribution < 1.29 is 19.4 Å². The molecular weight excluding hydrogens is 324 g/mol. The van der Waals surface area contributed by atoms with Crippen LogP contribution < -0.4 is 0 Å². The van der Waals surface area contributed by atoms with E-state index in [0.29, 0.717) is 44.8 Å². The van der Waals surface area contributed by atoms with Crippen LogP contribution in [0.2, 0.25) is 0 Å². The number of aliphatic hydroxyl groups excluding tert-OH is 1. The molecule has 0 bridgehead atoms. The summed E-state index contributed by atoms with van der Waals surface area (Å²) in [6.45, 7) is 2.10. The molecule has 3 heterocycles. The van der Waals surface area contributed by atoms with E-state index < -0.39 is 0 Å². The van der Waals surface area contributed by atoms with Gasteiger partial charge in [-0.1, -0.05) is 0 Å². The molecular formula is C17H22N4O4. The highest BCUT2D eigenvalue weighted by Gasteiger charge is 2.43. The summed E-state index contributed by atoms with van der Waals surface area (Å²) in [5.74, 6) is -0.166. The first-order chi connectivity index (χ1) is 12.1. The van der Waals surface area contributed by atoms with Crippen molar-refractivity contribution in [2.24, 2.45) is 5.92 Å². The number of piperidine rings is 1. The molecule has 1 aromatic rings. The number of fused-ring (bicyclic) bond motifs is 1. The highest BCUT2D eigenvalue weighted by molar-refractivity contribution is 5.92. The van der Waals surface area contributed by atoms with Crippen molar-refractivity contribution >= 4 is 11.8 Å². The van der Waals surface area contributed by atoms with Gasteiger partial charge < -0.3 is 19.6 Å². The number of aliphatic hydroxyl groups is 1. The average molecular weight is 346 g/mol. The van der Waals surface area contributed by atoms with Gasteiger partial charge in [0.1, 0.15) is 5.69 Å². The number of carbonyl (C=O) groups excluding carboxylic acids is 2. The molecule has 0 unspecified atom stereocenters. The van der Waals surface area contributed by atoms with Gasteiger partial charge in [0, 0.05) is 37.9 Å². The van der Waals surface area contributed by atoms with E-state index in [4.69, 9.17) is 4.74 Å². The minimum atomic E-state index is -0.348. The molecule has 1 N–H and O–H groups in total. The number of ether oxygens (including phenoxy) is 1. The summed E-state index contributed by atoms with van der Waals surface area (Å²) in [4.78, 5) is 37.1. The molecule has 0 aromatic carbocycles. The zero-order valence-electron chi connectivity index (χ0n) is 14.0. The molecule has 0 spiro atoms. The summed E-state index contributed by atoms with van der Waals surface area (Å²) in [6.07, 6.45) is 5.91. The average Bonchev–Trinajstić information content (AvgIpc) is 2.64. The van der Waals surface area contributed by atoms with Gasteiger partial charge in [-0.25, -0.2) is 4.98 Å². The molecule has 25 heavy (non-hydrogen) atoms. The molecule has 134 valence electrons. The molecule has 2 amide bonds. The van der Waals surface area contributed by atoms with E-state index in [2.05, 4.69) is 9.97 Å². The Morgan fingerprint density at radius 1 is 1.24 bits per heavy atom. The molecule has 3 fully saturated rings. The lowest BCUT2D eigenvalue weighted by Gasteiger charge is -2.48. The number of nitrogens with zero attached hydrogens (tertiary/aromatic N) is 4. The second-order valence-electron chi connectivity index (χ2n) is 6.96. The normalized spacial score (nSPS) is 31.9. The maximum atomic E-state index is 12.8. The van der Waals surface area contributed by atoms with E-state index in [9.17, 15) is 14.7 Å². The number of hydrogen-bond donors (Lipinski definition) is 1. The first-order valence-corrected chi connectivity index (χ1v) is 8.79. The predicted molar refractivity (Wildman–Crippen MR) is 86.5 cm³/mol. The van der Waals surface area contributed by atoms with Crippen LogP contribution in [0, 0.1) is 5.92 Å². The molecule has 8 heteroatoms. The number of carbonyl (C=O) groups is 2. The quantitative estimate of drug-likeness (QED) is 0.789. The summed E-state index contributed by atoms with van der Waals surface area (Å²) in [7, 11) is 0. The van der Waals surface area contributed by atoms with E-state index in [1.54, 1.807) is 4.90 Å². The fraction of sp³-hybridized carbons (Fsp3) is 0.647. The third-order valence-electron chi connectivity index (χ3n) is 5.40. The number of rotatable bonds is 2. The number of likely N-dealkylation sites (tertiary alicyclic amines) is 1. The van der Waals surface area contributed by atoms with Crippen molar-refractivity contribution in [2.45, 2.75) is 37.5 Å². The topological polar surface area (TPSA) is 95.9 Å². The lowest BCUT2D eigenvalue weighted by Crippen LogP contribution is -2.63. The van der Waals surface area contributed by atoms with E-state index in [1.165, 1.54) is 18.6 Å². The Balaban J connectivity index is 1.48. The Morgan fingerprint density at radius 3 is 2.80 bits per heavy atom. The summed E-state index contributed by atoms with van der Waals surface area (Å²) in [6, 6.07) is -0.161. The standard InChI is InChI=1S/C17H22N4O4/c22-12-7-11(8-12)16(23)20-4-1-15-14(10-20)21(5-6-25-15)17(24)13-9-18-2-3-19-13/h2-3,9,11-12,14-15,22H,1,4-8,10H2/t11?,12?,14-,15-/m0/s1. The summed E-state index contributed by atoms with van der Waals surface area (Å²) >= 11 is 0. The van der Waals surface area contributed by atoms with Crippen LogP contribution >= 0.6 is 0 Å². The van der Waals surface area contributed by atoms with Crippen LogP contribution in [0.25, 0.3) is 0 Å². The minimum Gasteiger partial charge on any atom is -0.393 e. The van der Waals surface area contributed by atoms with Gasteiger partial charge in [0.25, 0.3) is 5.91 Å². The number of aromatic nitrogens is 2. The van der Waals surface area contributed by atoms with Crippen LogP contribution in [0.1, 0.15) is 29.8 Å².